The molecule has 0 unspecified atom stereocenters. The minimum atomic E-state index is -0.754. The van der Waals surface area contributed by atoms with Gasteiger partial charge in [-0.15, -0.1) is 0 Å². The molecule has 194 valence electrons. The number of rotatable bonds is 10. The predicted octanol–water partition coefficient (Wildman–Crippen LogP) is 7.15. The lowest BCUT2D eigenvalue weighted by atomic mass is 10.0. The Morgan fingerprint density at radius 1 is 0.711 bits per heavy atom. The number of carbonyl (C=O) groups excluding carboxylic acids is 2. The number of halogens is 3. The van der Waals surface area contributed by atoms with Crippen LogP contribution in [0.3, 0.4) is 0 Å². The quantitative estimate of drug-likeness (QED) is 0.222. The Labute approximate surface area is 238 Å². The first kappa shape index (κ1) is 27.7. The zero-order valence-corrected chi connectivity index (χ0v) is 22.9. The van der Waals surface area contributed by atoms with Crippen molar-refractivity contribution in [1.29, 1.82) is 0 Å². The fourth-order valence-electron chi connectivity index (χ4n) is 4.18. The average molecular weight is 566 g/mol. The molecule has 7 heteroatoms. The van der Waals surface area contributed by atoms with E-state index in [4.69, 9.17) is 34.8 Å². The van der Waals surface area contributed by atoms with E-state index in [1.807, 2.05) is 72.8 Å². The van der Waals surface area contributed by atoms with Crippen molar-refractivity contribution >= 4 is 46.6 Å². The molecule has 0 aliphatic rings. The number of carbonyl (C=O) groups is 2. The maximum absolute atomic E-state index is 13.8. The van der Waals surface area contributed by atoms with E-state index in [1.54, 1.807) is 35.2 Å². The van der Waals surface area contributed by atoms with Crippen molar-refractivity contribution in [1.82, 2.24) is 10.2 Å². The third kappa shape index (κ3) is 7.84. The van der Waals surface area contributed by atoms with Crippen LogP contribution < -0.4 is 5.32 Å². The second-order valence-electron chi connectivity index (χ2n) is 8.97. The van der Waals surface area contributed by atoms with Gasteiger partial charge < -0.3 is 10.2 Å². The fourth-order valence-corrected chi connectivity index (χ4v) is 4.78. The Morgan fingerprint density at radius 2 is 1.32 bits per heavy atom. The van der Waals surface area contributed by atoms with E-state index in [-0.39, 0.29) is 31.3 Å². The SMILES string of the molecule is O=C(NCc1ccc(Cl)cc1Cl)[C@H](Cc1ccccc1)N(Cc1ccc(Cl)cc1)C(=O)Cc1ccccc1. The number of nitrogens with zero attached hydrogens (tertiary/aromatic N) is 1. The van der Waals surface area contributed by atoms with Gasteiger partial charge >= 0.3 is 0 Å². The van der Waals surface area contributed by atoms with Crippen LogP contribution in [0.25, 0.3) is 0 Å². The highest BCUT2D eigenvalue weighted by molar-refractivity contribution is 6.35. The van der Waals surface area contributed by atoms with Crippen molar-refractivity contribution in [3.05, 3.63) is 140 Å². The molecule has 0 saturated carbocycles. The number of hydrogen-bond donors (Lipinski definition) is 1. The molecule has 38 heavy (non-hydrogen) atoms. The number of amides is 2. The average Bonchev–Trinajstić information content (AvgIpc) is 2.92. The Kier molecular flexibility index (Phi) is 9.83. The summed E-state index contributed by atoms with van der Waals surface area (Å²) in [5, 5.41) is 4.59. The van der Waals surface area contributed by atoms with E-state index in [2.05, 4.69) is 5.32 Å². The van der Waals surface area contributed by atoms with Gasteiger partial charge in [-0.3, -0.25) is 9.59 Å². The second-order valence-corrected chi connectivity index (χ2v) is 10.2. The van der Waals surface area contributed by atoms with E-state index in [0.717, 1.165) is 22.3 Å². The Hall–Kier alpha value is -3.31. The van der Waals surface area contributed by atoms with Crippen molar-refractivity contribution in [2.75, 3.05) is 0 Å². The molecule has 1 N–H and O–H groups in total. The first-order chi connectivity index (χ1) is 18.4. The third-order valence-corrected chi connectivity index (χ3v) is 7.04. The minimum Gasteiger partial charge on any atom is -0.350 e. The largest absolute Gasteiger partial charge is 0.350 e. The summed E-state index contributed by atoms with van der Waals surface area (Å²) in [5.41, 5.74) is 3.45. The van der Waals surface area contributed by atoms with Gasteiger partial charge in [0.2, 0.25) is 11.8 Å². The van der Waals surface area contributed by atoms with Gasteiger partial charge in [0.15, 0.2) is 0 Å². The first-order valence-corrected chi connectivity index (χ1v) is 13.4. The summed E-state index contributed by atoms with van der Waals surface area (Å²) < 4.78 is 0. The lowest BCUT2D eigenvalue weighted by Crippen LogP contribution is -2.50. The Balaban J connectivity index is 1.64. The Bertz CT molecular complexity index is 1360. The summed E-state index contributed by atoms with van der Waals surface area (Å²) in [6, 6.07) is 30.9. The van der Waals surface area contributed by atoms with Crippen LogP contribution >= 0.6 is 34.8 Å². The third-order valence-electron chi connectivity index (χ3n) is 6.20. The van der Waals surface area contributed by atoms with Crippen LogP contribution in [-0.2, 0) is 35.5 Å². The fraction of sp³-hybridized carbons (Fsp3) is 0.161. The van der Waals surface area contributed by atoms with Gasteiger partial charge in [-0.05, 0) is 46.5 Å². The van der Waals surface area contributed by atoms with Crippen LogP contribution in [0.2, 0.25) is 15.1 Å². The van der Waals surface area contributed by atoms with Crippen LogP contribution in [-0.4, -0.2) is 22.8 Å². The summed E-state index contributed by atoms with van der Waals surface area (Å²) in [7, 11) is 0. The molecule has 0 aliphatic heterocycles. The van der Waals surface area contributed by atoms with E-state index in [9.17, 15) is 9.59 Å². The van der Waals surface area contributed by atoms with Crippen molar-refractivity contribution < 1.29 is 9.59 Å². The van der Waals surface area contributed by atoms with Crippen molar-refractivity contribution in [3.8, 4) is 0 Å². The highest BCUT2D eigenvalue weighted by Gasteiger charge is 2.30. The number of nitrogens with one attached hydrogen (secondary N) is 1. The molecule has 1 atom stereocenters. The first-order valence-electron chi connectivity index (χ1n) is 12.2. The second kappa shape index (κ2) is 13.5. The Morgan fingerprint density at radius 3 is 1.95 bits per heavy atom. The van der Waals surface area contributed by atoms with Crippen LogP contribution in [0.1, 0.15) is 22.3 Å². The predicted molar refractivity (Wildman–Crippen MR) is 154 cm³/mol. The molecule has 4 nitrogen and oxygen atoms in total. The molecule has 0 saturated heterocycles. The normalized spacial score (nSPS) is 11.6. The van der Waals surface area contributed by atoms with Gasteiger partial charge in [0, 0.05) is 34.6 Å². The van der Waals surface area contributed by atoms with E-state index >= 15 is 0 Å². The number of hydrogen-bond acceptors (Lipinski definition) is 2. The molecular weight excluding hydrogens is 539 g/mol. The molecule has 4 rings (SSSR count). The number of benzene rings is 4. The zero-order valence-electron chi connectivity index (χ0n) is 20.6. The molecule has 4 aromatic rings. The molecule has 0 radical (unpaired) electrons. The molecule has 0 heterocycles. The molecule has 0 fully saturated rings. The summed E-state index contributed by atoms with van der Waals surface area (Å²) >= 11 is 18.5. The lowest BCUT2D eigenvalue weighted by molar-refractivity contribution is -0.140. The summed E-state index contributed by atoms with van der Waals surface area (Å²) in [6.07, 6.45) is 0.533. The van der Waals surface area contributed by atoms with Gasteiger partial charge in [0.05, 0.1) is 6.42 Å². The lowest BCUT2D eigenvalue weighted by Gasteiger charge is -2.32. The highest BCUT2D eigenvalue weighted by atomic mass is 35.5. The minimum absolute atomic E-state index is 0.147. The van der Waals surface area contributed by atoms with E-state index < -0.39 is 6.04 Å². The van der Waals surface area contributed by atoms with Gasteiger partial charge in [0.25, 0.3) is 0 Å². The van der Waals surface area contributed by atoms with Gasteiger partial charge in [-0.1, -0.05) is 114 Å². The van der Waals surface area contributed by atoms with Crippen LogP contribution in [0.4, 0.5) is 0 Å². The van der Waals surface area contributed by atoms with Gasteiger partial charge in [-0.25, -0.2) is 0 Å². The molecule has 0 spiro atoms. The van der Waals surface area contributed by atoms with Gasteiger partial charge in [0.1, 0.15) is 6.04 Å². The van der Waals surface area contributed by atoms with Crippen LogP contribution in [0.5, 0.6) is 0 Å². The standard InChI is InChI=1S/C31H27Cl3N2O2/c32-26-14-11-24(12-15-26)21-36(30(37)18-23-9-5-2-6-10-23)29(17-22-7-3-1-4-8-22)31(38)35-20-25-13-16-27(33)19-28(25)34/h1-16,19,29H,17-18,20-21H2,(H,35,38)/t29-/m0/s1. The van der Waals surface area contributed by atoms with Gasteiger partial charge in [-0.2, -0.15) is 0 Å². The van der Waals surface area contributed by atoms with E-state index in [1.165, 1.54) is 0 Å². The van der Waals surface area contributed by atoms with Crippen molar-refractivity contribution in [2.45, 2.75) is 32.0 Å². The smallest absolute Gasteiger partial charge is 0.243 e. The molecule has 0 bridgehead atoms. The highest BCUT2D eigenvalue weighted by Crippen LogP contribution is 2.22. The van der Waals surface area contributed by atoms with Crippen molar-refractivity contribution in [2.24, 2.45) is 0 Å². The molecule has 0 aromatic heterocycles. The van der Waals surface area contributed by atoms with Crippen molar-refractivity contribution in [3.63, 3.8) is 0 Å². The molecule has 0 aliphatic carbocycles. The van der Waals surface area contributed by atoms with E-state index in [0.29, 0.717) is 21.5 Å². The summed E-state index contributed by atoms with van der Waals surface area (Å²) in [6.45, 7) is 0.469. The maximum atomic E-state index is 13.8. The monoisotopic (exact) mass is 564 g/mol. The summed E-state index contributed by atoms with van der Waals surface area (Å²) in [4.78, 5) is 29.2. The molecule has 2 amide bonds. The molecule has 4 aromatic carbocycles. The summed E-state index contributed by atoms with van der Waals surface area (Å²) in [5.74, 6) is -0.415. The van der Waals surface area contributed by atoms with Crippen LogP contribution in [0, 0.1) is 0 Å². The van der Waals surface area contributed by atoms with Crippen LogP contribution in [0.15, 0.2) is 103 Å². The molecular formula is C31H27Cl3N2O2. The zero-order chi connectivity index (χ0) is 26.9. The topological polar surface area (TPSA) is 49.4 Å². The maximum Gasteiger partial charge on any atom is 0.243 e.